The number of nitrogens with zero attached hydrogens (tertiary/aromatic N) is 4. The molecule has 2 N–H and O–H groups in total. The Kier molecular flexibility index (Phi) is 8.18. The van der Waals surface area contributed by atoms with Crippen molar-refractivity contribution in [2.75, 3.05) is 66.0 Å². The summed E-state index contributed by atoms with van der Waals surface area (Å²) in [6.07, 6.45) is 7.43. The Balaban J connectivity index is 1.31. The number of amides is 1. The summed E-state index contributed by atoms with van der Waals surface area (Å²) in [7, 11) is 1.84. The van der Waals surface area contributed by atoms with Gasteiger partial charge in [0, 0.05) is 64.3 Å². The van der Waals surface area contributed by atoms with E-state index in [1.807, 2.05) is 7.05 Å². The molecule has 0 aromatic carbocycles. The second-order valence-electron chi connectivity index (χ2n) is 9.51. The minimum Gasteiger partial charge on any atom is -0.355 e. The van der Waals surface area contributed by atoms with Crippen LogP contribution >= 0.6 is 0 Å². The third kappa shape index (κ3) is 6.32. The highest BCUT2D eigenvalue weighted by Crippen LogP contribution is 2.28. The van der Waals surface area contributed by atoms with Crippen LogP contribution in [0.4, 0.5) is 0 Å². The van der Waals surface area contributed by atoms with E-state index in [0.29, 0.717) is 11.8 Å². The number of piperazine rings is 1. The average molecular weight is 407 g/mol. The molecule has 0 bridgehead atoms. The standard InChI is InChI=1S/C22H42N6O/c1-22(2,28-11-5-4-6-12-28)18-25-21(23-3)24-10-13-26-14-16-27(17-15-26)20(29)19-8-7-9-19/h19H,4-18H2,1-3H3,(H2,23,24,25). The molecule has 7 nitrogen and oxygen atoms in total. The minimum atomic E-state index is 0.140. The maximum absolute atomic E-state index is 12.4. The van der Waals surface area contributed by atoms with Crippen molar-refractivity contribution in [2.24, 2.45) is 10.9 Å². The van der Waals surface area contributed by atoms with Gasteiger partial charge < -0.3 is 15.5 Å². The first-order valence-corrected chi connectivity index (χ1v) is 11.7. The predicted molar refractivity (Wildman–Crippen MR) is 119 cm³/mol. The SMILES string of the molecule is CN=C(NCCN1CCN(C(=O)C2CCC2)CC1)NCC(C)(C)N1CCCCC1. The van der Waals surface area contributed by atoms with Crippen molar-refractivity contribution >= 4 is 11.9 Å². The molecule has 7 heteroatoms. The van der Waals surface area contributed by atoms with E-state index in [2.05, 4.69) is 44.2 Å². The van der Waals surface area contributed by atoms with Gasteiger partial charge in [0.15, 0.2) is 5.96 Å². The topological polar surface area (TPSA) is 63.2 Å². The Bertz CT molecular complexity index is 546. The molecular weight excluding hydrogens is 364 g/mol. The number of nitrogens with one attached hydrogen (secondary N) is 2. The van der Waals surface area contributed by atoms with E-state index >= 15 is 0 Å². The lowest BCUT2D eigenvalue weighted by molar-refractivity contribution is -0.139. The zero-order valence-corrected chi connectivity index (χ0v) is 18.9. The van der Waals surface area contributed by atoms with Gasteiger partial charge in [0.05, 0.1) is 0 Å². The van der Waals surface area contributed by atoms with Crippen molar-refractivity contribution in [1.29, 1.82) is 0 Å². The molecule has 0 aromatic heterocycles. The fourth-order valence-electron chi connectivity index (χ4n) is 4.57. The molecule has 29 heavy (non-hydrogen) atoms. The summed E-state index contributed by atoms with van der Waals surface area (Å²) >= 11 is 0. The highest BCUT2D eigenvalue weighted by atomic mass is 16.2. The zero-order chi connectivity index (χ0) is 20.7. The molecule has 3 aliphatic rings. The highest BCUT2D eigenvalue weighted by molar-refractivity contribution is 5.80. The lowest BCUT2D eigenvalue weighted by Crippen LogP contribution is -2.55. The molecule has 1 aliphatic carbocycles. The molecule has 3 fully saturated rings. The van der Waals surface area contributed by atoms with E-state index in [1.54, 1.807) is 0 Å². The Morgan fingerprint density at radius 2 is 1.66 bits per heavy atom. The molecule has 0 atom stereocenters. The van der Waals surface area contributed by atoms with Gasteiger partial charge in [-0.05, 0) is 52.6 Å². The number of carbonyl (C=O) groups is 1. The van der Waals surface area contributed by atoms with Gasteiger partial charge in [-0.1, -0.05) is 12.8 Å². The van der Waals surface area contributed by atoms with Crippen molar-refractivity contribution in [2.45, 2.75) is 57.9 Å². The van der Waals surface area contributed by atoms with Crippen LogP contribution in [0.1, 0.15) is 52.4 Å². The van der Waals surface area contributed by atoms with Crippen LogP contribution < -0.4 is 10.6 Å². The normalized spacial score (nSPS) is 23.0. The summed E-state index contributed by atoms with van der Waals surface area (Å²) in [5, 5.41) is 6.98. The van der Waals surface area contributed by atoms with Crippen LogP contribution in [0.3, 0.4) is 0 Å². The molecule has 2 heterocycles. The van der Waals surface area contributed by atoms with E-state index in [-0.39, 0.29) is 5.54 Å². The molecule has 2 saturated heterocycles. The first-order chi connectivity index (χ1) is 14.0. The number of piperidine rings is 1. The number of carbonyl (C=O) groups excluding carboxylic acids is 1. The van der Waals surface area contributed by atoms with Crippen LogP contribution in [0.25, 0.3) is 0 Å². The number of rotatable bonds is 7. The first-order valence-electron chi connectivity index (χ1n) is 11.7. The summed E-state index contributed by atoms with van der Waals surface area (Å²) in [6, 6.07) is 0. The molecule has 3 rings (SSSR count). The van der Waals surface area contributed by atoms with E-state index in [0.717, 1.165) is 64.6 Å². The second kappa shape index (κ2) is 10.6. The fraction of sp³-hybridized carbons (Fsp3) is 0.909. The quantitative estimate of drug-likeness (QED) is 0.494. The summed E-state index contributed by atoms with van der Waals surface area (Å²) in [5.74, 6) is 1.61. The average Bonchev–Trinajstić information content (AvgIpc) is 2.70. The smallest absolute Gasteiger partial charge is 0.225 e. The highest BCUT2D eigenvalue weighted by Gasteiger charge is 2.31. The maximum atomic E-state index is 12.4. The molecule has 0 spiro atoms. The Hall–Kier alpha value is -1.34. The van der Waals surface area contributed by atoms with Gasteiger partial charge in [0.25, 0.3) is 0 Å². The van der Waals surface area contributed by atoms with Gasteiger partial charge in [-0.15, -0.1) is 0 Å². The van der Waals surface area contributed by atoms with Gasteiger partial charge in [-0.2, -0.15) is 0 Å². The molecule has 1 saturated carbocycles. The van der Waals surface area contributed by atoms with Crippen molar-refractivity contribution in [3.63, 3.8) is 0 Å². The number of hydrogen-bond acceptors (Lipinski definition) is 4. The summed E-state index contributed by atoms with van der Waals surface area (Å²) < 4.78 is 0. The van der Waals surface area contributed by atoms with Gasteiger partial charge in [0.2, 0.25) is 5.91 Å². The van der Waals surface area contributed by atoms with Crippen molar-refractivity contribution in [3.05, 3.63) is 0 Å². The number of guanidine groups is 1. The van der Waals surface area contributed by atoms with E-state index < -0.39 is 0 Å². The molecule has 166 valence electrons. The Labute approximate surface area is 177 Å². The Morgan fingerprint density at radius 1 is 0.966 bits per heavy atom. The van der Waals surface area contributed by atoms with Gasteiger partial charge in [-0.25, -0.2) is 0 Å². The number of hydrogen-bond donors (Lipinski definition) is 2. The van der Waals surface area contributed by atoms with Crippen molar-refractivity contribution in [3.8, 4) is 0 Å². The lowest BCUT2D eigenvalue weighted by atomic mass is 9.84. The summed E-state index contributed by atoms with van der Waals surface area (Å²) in [6.45, 7) is 13.5. The lowest BCUT2D eigenvalue weighted by Gasteiger charge is -2.41. The molecule has 1 amide bonds. The van der Waals surface area contributed by atoms with E-state index in [1.165, 1.54) is 38.8 Å². The van der Waals surface area contributed by atoms with Gasteiger partial charge in [0.1, 0.15) is 0 Å². The molecule has 0 radical (unpaired) electrons. The molecule has 0 aromatic rings. The fourth-order valence-corrected chi connectivity index (χ4v) is 4.57. The minimum absolute atomic E-state index is 0.140. The number of aliphatic imine (C=N–C) groups is 1. The third-order valence-corrected chi connectivity index (χ3v) is 6.98. The van der Waals surface area contributed by atoms with E-state index in [9.17, 15) is 4.79 Å². The van der Waals surface area contributed by atoms with Crippen molar-refractivity contribution in [1.82, 2.24) is 25.3 Å². The molecule has 0 unspecified atom stereocenters. The second-order valence-corrected chi connectivity index (χ2v) is 9.51. The van der Waals surface area contributed by atoms with Gasteiger partial charge in [-0.3, -0.25) is 19.6 Å². The number of likely N-dealkylation sites (tertiary alicyclic amines) is 1. The Morgan fingerprint density at radius 3 is 2.24 bits per heavy atom. The van der Waals surface area contributed by atoms with Crippen molar-refractivity contribution < 1.29 is 4.79 Å². The van der Waals surface area contributed by atoms with Crippen LogP contribution in [0.2, 0.25) is 0 Å². The summed E-state index contributed by atoms with van der Waals surface area (Å²) in [5.41, 5.74) is 0.140. The maximum Gasteiger partial charge on any atom is 0.225 e. The first kappa shape index (κ1) is 22.3. The zero-order valence-electron chi connectivity index (χ0n) is 18.9. The van der Waals surface area contributed by atoms with Crippen LogP contribution in [0, 0.1) is 5.92 Å². The van der Waals surface area contributed by atoms with Gasteiger partial charge >= 0.3 is 0 Å². The van der Waals surface area contributed by atoms with E-state index in [4.69, 9.17) is 0 Å². The van der Waals surface area contributed by atoms with Crippen LogP contribution in [0.15, 0.2) is 4.99 Å². The monoisotopic (exact) mass is 406 g/mol. The molecular formula is C22H42N6O. The van der Waals surface area contributed by atoms with Crippen LogP contribution in [-0.4, -0.2) is 98.1 Å². The van der Waals surface area contributed by atoms with Crippen LogP contribution in [0.5, 0.6) is 0 Å². The third-order valence-electron chi connectivity index (χ3n) is 6.98. The predicted octanol–water partition coefficient (Wildman–Crippen LogP) is 1.36. The molecule has 2 aliphatic heterocycles. The van der Waals surface area contributed by atoms with Crippen LogP contribution in [-0.2, 0) is 4.79 Å². The summed E-state index contributed by atoms with van der Waals surface area (Å²) in [4.78, 5) is 23.9. The largest absolute Gasteiger partial charge is 0.355 e.